The topological polar surface area (TPSA) is 102 Å². The third-order valence-corrected chi connectivity index (χ3v) is 0.806. The van der Waals surface area contributed by atoms with Crippen molar-refractivity contribution in [3.8, 4) is 0 Å². The van der Waals surface area contributed by atoms with Gasteiger partial charge in [-0.3, -0.25) is 15.4 Å². The molecule has 7 heteroatoms. The van der Waals surface area contributed by atoms with E-state index < -0.39 is 6.03 Å². The Bertz CT molecular complexity index is 148. The second-order valence-electron chi connectivity index (χ2n) is 1.59. The first-order valence-electron chi connectivity index (χ1n) is 2.94. The van der Waals surface area contributed by atoms with Gasteiger partial charge >= 0.3 is 6.03 Å². The van der Waals surface area contributed by atoms with Crippen molar-refractivity contribution in [3.63, 3.8) is 0 Å². The first-order chi connectivity index (χ1) is 5.20. The predicted molar refractivity (Wildman–Crippen MR) is 35.0 cm³/mol. The fraction of sp³-hybridized carbons (Fsp3) is 0.500. The van der Waals surface area contributed by atoms with Crippen LogP contribution in [0.4, 0.5) is 4.79 Å². The van der Waals surface area contributed by atoms with Crippen molar-refractivity contribution in [3.05, 3.63) is 0 Å². The third-order valence-electron chi connectivity index (χ3n) is 0.806. The fourth-order valence-corrected chi connectivity index (χ4v) is 0.297. The summed E-state index contributed by atoms with van der Waals surface area (Å²) in [5.41, 5.74) is 7.19. The molecule has 0 bridgehead atoms. The molecule has 0 aromatic rings. The average molecular weight is 162 g/mol. The zero-order chi connectivity index (χ0) is 8.69. The van der Waals surface area contributed by atoms with Crippen molar-refractivity contribution >= 4 is 11.9 Å². The van der Waals surface area contributed by atoms with Crippen LogP contribution in [0.5, 0.6) is 0 Å². The van der Waals surface area contributed by atoms with Gasteiger partial charge < -0.3 is 0 Å². The summed E-state index contributed by atoms with van der Waals surface area (Å²) in [6.07, 6.45) is 0.271. The number of rotatable bonds is 2. The van der Waals surface area contributed by atoms with Gasteiger partial charge in [-0.2, -0.15) is 0 Å². The summed E-state index contributed by atoms with van der Waals surface area (Å²) in [6, 6.07) is -0.755. The zero-order valence-corrected chi connectivity index (χ0v) is 5.97. The van der Waals surface area contributed by atoms with Gasteiger partial charge in [-0.25, -0.2) is 15.6 Å². The number of carbonyl (C=O) groups is 2. The average Bonchev–Trinajstić information content (AvgIpc) is 2.01. The van der Waals surface area contributed by atoms with Crippen LogP contribution in [0.25, 0.3) is 0 Å². The van der Waals surface area contributed by atoms with Crippen LogP contribution in [0.3, 0.4) is 0 Å². The van der Waals surface area contributed by atoms with E-state index in [0.717, 1.165) is 0 Å². The molecule has 0 saturated carbocycles. The number of hydrogen-bond acceptors (Lipinski definition) is 4. The zero-order valence-electron chi connectivity index (χ0n) is 5.97. The highest BCUT2D eigenvalue weighted by Crippen LogP contribution is 1.70. The highest BCUT2D eigenvalue weighted by atomic mass is 16.5. The quantitative estimate of drug-likeness (QED) is 0.323. The smallest absolute Gasteiger partial charge is 0.297 e. The molecule has 0 aromatic heterocycles. The van der Waals surface area contributed by atoms with Crippen molar-refractivity contribution in [1.29, 1.82) is 0 Å². The maximum atomic E-state index is 10.5. The van der Waals surface area contributed by atoms with Gasteiger partial charge in [-0.05, 0) is 0 Å². The van der Waals surface area contributed by atoms with Gasteiger partial charge in [0.15, 0.2) is 0 Å². The Kier molecular flexibility index (Phi) is 4.78. The van der Waals surface area contributed by atoms with Crippen molar-refractivity contribution < 1.29 is 14.8 Å². The van der Waals surface area contributed by atoms with Gasteiger partial charge in [0.1, 0.15) is 0 Å². The van der Waals surface area contributed by atoms with Crippen LogP contribution in [0.15, 0.2) is 0 Å². The van der Waals surface area contributed by atoms with E-state index in [1.54, 1.807) is 12.3 Å². The Balaban J connectivity index is 3.38. The van der Waals surface area contributed by atoms with Crippen molar-refractivity contribution in [1.82, 2.24) is 21.9 Å². The van der Waals surface area contributed by atoms with Crippen LogP contribution in [0, 0.1) is 0 Å². The van der Waals surface area contributed by atoms with Crippen molar-refractivity contribution in [2.75, 3.05) is 0 Å². The minimum absolute atomic E-state index is 0.271. The lowest BCUT2D eigenvalue weighted by Gasteiger charge is -2.05. The number of hydrogen-bond donors (Lipinski definition) is 5. The summed E-state index contributed by atoms with van der Waals surface area (Å²) in [7, 11) is 0. The van der Waals surface area contributed by atoms with E-state index in [9.17, 15) is 9.59 Å². The molecule has 0 fully saturated rings. The van der Waals surface area contributed by atoms with Crippen molar-refractivity contribution in [2.24, 2.45) is 0 Å². The second-order valence-corrected chi connectivity index (χ2v) is 1.59. The molecule has 0 aliphatic carbocycles. The number of carbonyl (C=O) groups excluding carboxylic acids is 2. The highest BCUT2D eigenvalue weighted by molar-refractivity contribution is 5.80. The van der Waals surface area contributed by atoms with Gasteiger partial charge in [-0.1, -0.05) is 6.92 Å². The summed E-state index contributed by atoms with van der Waals surface area (Å²) in [5, 5.41) is 7.92. The Labute approximate surface area is 63.0 Å². The van der Waals surface area contributed by atoms with E-state index >= 15 is 0 Å². The first-order valence-corrected chi connectivity index (χ1v) is 2.94. The van der Waals surface area contributed by atoms with Crippen LogP contribution < -0.4 is 21.9 Å². The molecule has 0 rings (SSSR count). The van der Waals surface area contributed by atoms with Gasteiger partial charge in [0.25, 0.3) is 0 Å². The molecule has 0 saturated heterocycles. The third kappa shape index (κ3) is 5.12. The van der Waals surface area contributed by atoms with E-state index in [1.165, 1.54) is 5.59 Å². The standard InChI is InChI=1S/C4H10N4O3/c1-2-3(9)5-6-4(10)7-8-11/h8,11H,2H2,1H3,(H,5,9)(H2,6,7,10). The molecule has 64 valence electrons. The van der Waals surface area contributed by atoms with Gasteiger partial charge in [0.05, 0.1) is 0 Å². The number of hydrazine groups is 2. The minimum atomic E-state index is -0.755. The number of amides is 3. The number of urea groups is 1. The van der Waals surface area contributed by atoms with Crippen LogP contribution >= 0.6 is 0 Å². The summed E-state index contributed by atoms with van der Waals surface area (Å²) in [6.45, 7) is 1.64. The van der Waals surface area contributed by atoms with E-state index in [2.05, 4.69) is 5.43 Å². The molecule has 3 amide bonds. The molecule has 0 spiro atoms. The normalized spacial score (nSPS) is 8.55. The molecule has 0 aromatic carbocycles. The molecule has 7 nitrogen and oxygen atoms in total. The van der Waals surface area contributed by atoms with Gasteiger partial charge in [-0.15, -0.1) is 5.59 Å². The Morgan fingerprint density at radius 3 is 2.36 bits per heavy atom. The van der Waals surface area contributed by atoms with E-state index in [-0.39, 0.29) is 12.3 Å². The highest BCUT2D eigenvalue weighted by Gasteiger charge is 1.98. The molecular formula is C4H10N4O3. The van der Waals surface area contributed by atoms with E-state index in [4.69, 9.17) is 5.21 Å². The van der Waals surface area contributed by atoms with Crippen LogP contribution in [0.1, 0.15) is 13.3 Å². The Morgan fingerprint density at radius 2 is 1.91 bits per heavy atom. The van der Waals surface area contributed by atoms with Crippen molar-refractivity contribution in [2.45, 2.75) is 13.3 Å². The maximum absolute atomic E-state index is 10.5. The lowest BCUT2D eigenvalue weighted by Crippen LogP contribution is -2.50. The molecule has 0 heterocycles. The Morgan fingerprint density at radius 1 is 1.27 bits per heavy atom. The van der Waals surface area contributed by atoms with E-state index in [0.29, 0.717) is 0 Å². The van der Waals surface area contributed by atoms with Gasteiger partial charge in [0, 0.05) is 6.42 Å². The summed E-state index contributed by atoms with van der Waals surface area (Å²) >= 11 is 0. The van der Waals surface area contributed by atoms with Gasteiger partial charge in [0.2, 0.25) is 5.91 Å². The number of nitrogens with one attached hydrogen (secondary N) is 4. The monoisotopic (exact) mass is 162 g/mol. The summed E-state index contributed by atoms with van der Waals surface area (Å²) < 4.78 is 0. The SMILES string of the molecule is CCC(=O)NNC(=O)NNO. The molecule has 0 aliphatic rings. The van der Waals surface area contributed by atoms with Crippen LogP contribution in [-0.4, -0.2) is 17.1 Å². The molecule has 0 radical (unpaired) electrons. The van der Waals surface area contributed by atoms with Crippen LogP contribution in [-0.2, 0) is 4.79 Å². The molecule has 0 unspecified atom stereocenters. The summed E-state index contributed by atoms with van der Waals surface area (Å²) in [4.78, 5) is 20.9. The largest absolute Gasteiger partial charge is 0.349 e. The molecule has 11 heavy (non-hydrogen) atoms. The Hall–Kier alpha value is -1.34. The first kappa shape index (κ1) is 9.66. The lowest BCUT2D eigenvalue weighted by atomic mass is 10.5. The molecular weight excluding hydrogens is 152 g/mol. The molecule has 0 aliphatic heterocycles. The summed E-state index contributed by atoms with van der Waals surface area (Å²) in [5.74, 6) is -0.321. The minimum Gasteiger partial charge on any atom is -0.297 e. The molecule has 5 N–H and O–H groups in total. The van der Waals surface area contributed by atoms with Crippen LogP contribution in [0.2, 0.25) is 0 Å². The maximum Gasteiger partial charge on any atom is 0.349 e. The fourth-order valence-electron chi connectivity index (χ4n) is 0.297. The lowest BCUT2D eigenvalue weighted by molar-refractivity contribution is -0.121. The van der Waals surface area contributed by atoms with E-state index in [1.807, 2.05) is 5.43 Å². The second kappa shape index (κ2) is 5.45. The predicted octanol–water partition coefficient (Wildman–Crippen LogP) is -1.38. The molecule has 0 atom stereocenters.